The highest BCUT2D eigenvalue weighted by atomic mass is 35.5. The SMILES string of the molecule is CCCCC(CC)C(Cl)c1sc(C)cc1C. The van der Waals surface area contributed by atoms with Crippen molar-refractivity contribution in [2.75, 3.05) is 0 Å². The van der Waals surface area contributed by atoms with Crippen molar-refractivity contribution < 1.29 is 0 Å². The third-order valence-corrected chi connectivity index (χ3v) is 5.14. The summed E-state index contributed by atoms with van der Waals surface area (Å²) in [6.45, 7) is 8.85. The van der Waals surface area contributed by atoms with Gasteiger partial charge in [-0.15, -0.1) is 22.9 Å². The Labute approximate surface area is 109 Å². The van der Waals surface area contributed by atoms with Crippen LogP contribution in [0.25, 0.3) is 0 Å². The lowest BCUT2D eigenvalue weighted by Crippen LogP contribution is -2.06. The topological polar surface area (TPSA) is 0 Å². The first-order valence-electron chi connectivity index (χ1n) is 6.31. The number of alkyl halides is 1. The summed E-state index contributed by atoms with van der Waals surface area (Å²) in [5.41, 5.74) is 1.37. The molecule has 1 aromatic heterocycles. The van der Waals surface area contributed by atoms with E-state index in [0.29, 0.717) is 5.92 Å². The molecule has 0 saturated heterocycles. The molecular weight excluding hydrogens is 236 g/mol. The molecule has 0 spiro atoms. The molecule has 0 aliphatic carbocycles. The number of rotatable bonds is 6. The second-order valence-electron chi connectivity index (χ2n) is 4.62. The molecule has 0 bridgehead atoms. The van der Waals surface area contributed by atoms with Gasteiger partial charge in [0.1, 0.15) is 0 Å². The average Bonchev–Trinajstić information content (AvgIpc) is 2.58. The van der Waals surface area contributed by atoms with Gasteiger partial charge in [0.15, 0.2) is 0 Å². The van der Waals surface area contributed by atoms with Gasteiger partial charge in [0.05, 0.1) is 5.38 Å². The van der Waals surface area contributed by atoms with E-state index in [1.54, 1.807) is 0 Å². The lowest BCUT2D eigenvalue weighted by Gasteiger charge is -2.20. The number of thiophene rings is 1. The van der Waals surface area contributed by atoms with Gasteiger partial charge in [0, 0.05) is 9.75 Å². The van der Waals surface area contributed by atoms with Gasteiger partial charge in [0.25, 0.3) is 0 Å². The molecule has 92 valence electrons. The number of hydrogen-bond acceptors (Lipinski definition) is 1. The van der Waals surface area contributed by atoms with Crippen LogP contribution in [-0.2, 0) is 0 Å². The van der Waals surface area contributed by atoms with Gasteiger partial charge in [-0.05, 0) is 37.8 Å². The largest absolute Gasteiger partial charge is 0.144 e. The standard InChI is InChI=1S/C14H23ClS/c1-5-7-8-12(6-2)13(15)14-10(3)9-11(4)16-14/h9,12-13H,5-8H2,1-4H3. The van der Waals surface area contributed by atoms with Crippen LogP contribution in [0.5, 0.6) is 0 Å². The van der Waals surface area contributed by atoms with E-state index in [1.165, 1.54) is 41.0 Å². The molecule has 2 atom stereocenters. The molecule has 0 aromatic carbocycles. The third kappa shape index (κ3) is 3.49. The highest BCUT2D eigenvalue weighted by molar-refractivity contribution is 7.12. The minimum Gasteiger partial charge on any atom is -0.144 e. The molecule has 0 aliphatic rings. The molecule has 0 fully saturated rings. The average molecular weight is 259 g/mol. The second kappa shape index (κ2) is 6.66. The van der Waals surface area contributed by atoms with Gasteiger partial charge in [-0.1, -0.05) is 33.1 Å². The van der Waals surface area contributed by atoms with Crippen LogP contribution in [-0.4, -0.2) is 0 Å². The highest BCUT2D eigenvalue weighted by Crippen LogP contribution is 2.40. The molecule has 0 radical (unpaired) electrons. The first-order chi connectivity index (χ1) is 7.60. The van der Waals surface area contributed by atoms with Crippen LogP contribution < -0.4 is 0 Å². The molecule has 16 heavy (non-hydrogen) atoms. The minimum absolute atomic E-state index is 0.218. The summed E-state index contributed by atoms with van der Waals surface area (Å²) >= 11 is 8.50. The number of unbranched alkanes of at least 4 members (excludes halogenated alkanes) is 1. The maximum absolute atomic E-state index is 6.64. The molecule has 0 N–H and O–H groups in total. The number of hydrogen-bond donors (Lipinski definition) is 0. The van der Waals surface area contributed by atoms with E-state index in [2.05, 4.69) is 33.8 Å². The van der Waals surface area contributed by atoms with Crippen molar-refractivity contribution >= 4 is 22.9 Å². The Hall–Kier alpha value is -0.0100. The van der Waals surface area contributed by atoms with Gasteiger partial charge < -0.3 is 0 Å². The smallest absolute Gasteiger partial charge is 0.0709 e. The van der Waals surface area contributed by atoms with E-state index in [9.17, 15) is 0 Å². The lowest BCUT2D eigenvalue weighted by atomic mass is 9.93. The quantitative estimate of drug-likeness (QED) is 0.561. The van der Waals surface area contributed by atoms with E-state index < -0.39 is 0 Å². The Morgan fingerprint density at radius 3 is 2.44 bits per heavy atom. The van der Waals surface area contributed by atoms with Crippen molar-refractivity contribution in [3.63, 3.8) is 0 Å². The summed E-state index contributed by atoms with van der Waals surface area (Å²) in [6, 6.07) is 2.25. The molecule has 0 aliphatic heterocycles. The van der Waals surface area contributed by atoms with Crippen molar-refractivity contribution in [3.05, 3.63) is 21.4 Å². The third-order valence-electron chi connectivity index (χ3n) is 3.20. The summed E-state index contributed by atoms with van der Waals surface area (Å²) in [5, 5.41) is 0.218. The Balaban J connectivity index is 2.74. The minimum atomic E-state index is 0.218. The van der Waals surface area contributed by atoms with Gasteiger partial charge in [-0.3, -0.25) is 0 Å². The van der Waals surface area contributed by atoms with Crippen molar-refractivity contribution in [1.29, 1.82) is 0 Å². The van der Waals surface area contributed by atoms with Crippen LogP contribution in [0.15, 0.2) is 6.07 Å². The molecule has 0 saturated carbocycles. The predicted octanol–water partition coefficient (Wildman–Crippen LogP) is 5.86. The first-order valence-corrected chi connectivity index (χ1v) is 7.56. The molecule has 1 aromatic rings. The van der Waals surface area contributed by atoms with E-state index in [0.717, 1.165) is 0 Å². The van der Waals surface area contributed by atoms with Crippen molar-refractivity contribution in [2.45, 2.75) is 58.8 Å². The number of halogens is 1. The molecule has 2 heteroatoms. The van der Waals surface area contributed by atoms with Crippen molar-refractivity contribution in [1.82, 2.24) is 0 Å². The van der Waals surface area contributed by atoms with Crippen LogP contribution in [0.4, 0.5) is 0 Å². The Morgan fingerprint density at radius 1 is 1.31 bits per heavy atom. The predicted molar refractivity (Wildman–Crippen MR) is 75.7 cm³/mol. The van der Waals surface area contributed by atoms with E-state index >= 15 is 0 Å². The maximum atomic E-state index is 6.64. The molecule has 1 rings (SSSR count). The van der Waals surface area contributed by atoms with Crippen LogP contribution in [0.3, 0.4) is 0 Å². The molecule has 1 heterocycles. The Kier molecular flexibility index (Phi) is 5.85. The summed E-state index contributed by atoms with van der Waals surface area (Å²) in [4.78, 5) is 2.77. The van der Waals surface area contributed by atoms with Crippen LogP contribution in [0, 0.1) is 19.8 Å². The molecule has 2 unspecified atom stereocenters. The van der Waals surface area contributed by atoms with Crippen LogP contribution >= 0.6 is 22.9 Å². The normalized spacial score (nSPS) is 15.1. The fraction of sp³-hybridized carbons (Fsp3) is 0.714. The zero-order valence-corrected chi connectivity index (χ0v) is 12.4. The zero-order chi connectivity index (χ0) is 12.1. The zero-order valence-electron chi connectivity index (χ0n) is 10.8. The maximum Gasteiger partial charge on any atom is 0.0709 e. The first kappa shape index (κ1) is 14.1. The Bertz CT molecular complexity index is 317. The lowest BCUT2D eigenvalue weighted by molar-refractivity contribution is 0.439. The van der Waals surface area contributed by atoms with Crippen LogP contribution in [0.1, 0.15) is 60.2 Å². The molecule has 0 nitrogen and oxygen atoms in total. The molecular formula is C14H23ClS. The van der Waals surface area contributed by atoms with E-state index in [-0.39, 0.29) is 5.38 Å². The fourth-order valence-electron chi connectivity index (χ4n) is 2.17. The van der Waals surface area contributed by atoms with Gasteiger partial charge >= 0.3 is 0 Å². The summed E-state index contributed by atoms with van der Waals surface area (Å²) in [7, 11) is 0. The van der Waals surface area contributed by atoms with Gasteiger partial charge in [-0.2, -0.15) is 0 Å². The fourth-order valence-corrected chi connectivity index (χ4v) is 3.89. The van der Waals surface area contributed by atoms with Crippen LogP contribution in [0.2, 0.25) is 0 Å². The summed E-state index contributed by atoms with van der Waals surface area (Å²) in [6.07, 6.45) is 5.01. The van der Waals surface area contributed by atoms with Gasteiger partial charge in [-0.25, -0.2) is 0 Å². The number of aryl methyl sites for hydroxylation is 2. The van der Waals surface area contributed by atoms with E-state index in [1.807, 2.05) is 11.3 Å². The van der Waals surface area contributed by atoms with E-state index in [4.69, 9.17) is 11.6 Å². The van der Waals surface area contributed by atoms with Crippen molar-refractivity contribution in [2.24, 2.45) is 5.92 Å². The monoisotopic (exact) mass is 258 g/mol. The Morgan fingerprint density at radius 2 is 2.00 bits per heavy atom. The molecule has 0 amide bonds. The van der Waals surface area contributed by atoms with Crippen molar-refractivity contribution in [3.8, 4) is 0 Å². The second-order valence-corrected chi connectivity index (χ2v) is 6.37. The van der Waals surface area contributed by atoms with Gasteiger partial charge in [0.2, 0.25) is 0 Å². The summed E-state index contributed by atoms with van der Waals surface area (Å²) < 4.78 is 0. The highest BCUT2D eigenvalue weighted by Gasteiger charge is 2.22. The summed E-state index contributed by atoms with van der Waals surface area (Å²) in [5.74, 6) is 0.637.